The summed E-state index contributed by atoms with van der Waals surface area (Å²) in [5, 5.41) is 10.3. The number of rotatable bonds is 13. The van der Waals surface area contributed by atoms with Crippen LogP contribution in [0.5, 0.6) is 0 Å². The zero-order valence-electron chi connectivity index (χ0n) is 19.9. The largest absolute Gasteiger partial charge is 0.378 e. The molecule has 4 rings (SSSR count). The minimum Gasteiger partial charge on any atom is -0.378 e. The first-order valence-electron chi connectivity index (χ1n) is 11.9. The number of aromatic nitrogens is 4. The fourth-order valence-electron chi connectivity index (χ4n) is 4.18. The van der Waals surface area contributed by atoms with Crippen molar-refractivity contribution in [3.63, 3.8) is 0 Å². The summed E-state index contributed by atoms with van der Waals surface area (Å²) in [6, 6.07) is 15.8. The van der Waals surface area contributed by atoms with Gasteiger partial charge in [0.15, 0.2) is 0 Å². The van der Waals surface area contributed by atoms with Gasteiger partial charge in [0.25, 0.3) is 0 Å². The molecule has 2 aromatic carbocycles. The number of aromatic amines is 2. The van der Waals surface area contributed by atoms with Gasteiger partial charge in [-0.05, 0) is 12.1 Å². The first kappa shape index (κ1) is 25.0. The monoisotopic (exact) mass is 482 g/mol. The summed E-state index contributed by atoms with van der Waals surface area (Å²) in [5.41, 5.74) is 12.8. The van der Waals surface area contributed by atoms with E-state index < -0.39 is 0 Å². The van der Waals surface area contributed by atoms with Gasteiger partial charge in [-0.3, -0.25) is 19.1 Å². The molecule has 0 unspecified atom stereocenters. The van der Waals surface area contributed by atoms with E-state index in [2.05, 4.69) is 10.3 Å². The van der Waals surface area contributed by atoms with Crippen LogP contribution in [-0.4, -0.2) is 78.2 Å². The highest BCUT2D eigenvalue weighted by Crippen LogP contribution is 2.23. The number of hydrogen-bond donors (Lipinski definition) is 4. The van der Waals surface area contributed by atoms with Crippen molar-refractivity contribution in [2.24, 2.45) is 11.5 Å². The fraction of sp³-hybridized carbons (Fsp3) is 0.400. The number of carbonyl (C=O) groups excluding carboxylic acids is 1. The number of nitrogens with one attached hydrogen (secondary N) is 2. The van der Waals surface area contributed by atoms with E-state index in [1.165, 1.54) is 0 Å². The molecule has 0 radical (unpaired) electrons. The Balaban J connectivity index is 1.61. The molecule has 2 aliphatic rings. The van der Waals surface area contributed by atoms with Crippen LogP contribution in [0.3, 0.4) is 0 Å². The van der Waals surface area contributed by atoms with Crippen LogP contribution in [0, 0.1) is 10.7 Å². The maximum Gasteiger partial charge on any atom is 0.232 e. The number of nitrogens with zero attached hydrogens (tertiary/aromatic N) is 2. The van der Waals surface area contributed by atoms with Crippen LogP contribution in [-0.2, 0) is 20.8 Å². The molecule has 0 aromatic heterocycles. The van der Waals surface area contributed by atoms with Crippen molar-refractivity contribution < 1.29 is 19.0 Å². The van der Waals surface area contributed by atoms with Crippen molar-refractivity contribution in [3.8, 4) is 0 Å². The number of para-hydroxylation sites is 2. The van der Waals surface area contributed by atoms with Crippen LogP contribution in [0.1, 0.15) is 11.2 Å². The lowest BCUT2D eigenvalue weighted by Gasteiger charge is -2.10. The third-order valence-corrected chi connectivity index (χ3v) is 5.71. The lowest BCUT2D eigenvalue weighted by Crippen LogP contribution is -2.16. The van der Waals surface area contributed by atoms with Gasteiger partial charge >= 0.3 is 0 Å². The Bertz CT molecular complexity index is 1350. The second kappa shape index (κ2) is 12.5. The Morgan fingerprint density at radius 2 is 1.37 bits per heavy atom. The third kappa shape index (κ3) is 5.75. The number of H-pyrrole nitrogens is 2. The molecular weight excluding hydrogens is 448 g/mol. The highest BCUT2D eigenvalue weighted by atomic mass is 16.5. The van der Waals surface area contributed by atoms with Crippen molar-refractivity contribution in [2.45, 2.75) is 13.0 Å². The average molecular weight is 483 g/mol. The summed E-state index contributed by atoms with van der Waals surface area (Å²) in [4.78, 5) is 13.2. The number of carbonyl (C=O) groups is 1. The molecule has 188 valence electrons. The number of fused-ring (bicyclic) bond motifs is 4. The average Bonchev–Trinajstić information content (AvgIpc) is 3.24. The molecular formula is C25H34N6O4. The minimum atomic E-state index is -0.0372. The predicted molar refractivity (Wildman–Crippen MR) is 135 cm³/mol. The topological polar surface area (TPSA) is 138 Å². The van der Waals surface area contributed by atoms with Crippen LogP contribution in [0.25, 0.3) is 21.8 Å². The Kier molecular flexibility index (Phi) is 8.93. The molecule has 2 heterocycles. The van der Waals surface area contributed by atoms with Crippen LogP contribution >= 0.6 is 0 Å². The molecule has 0 saturated heterocycles. The van der Waals surface area contributed by atoms with Crippen molar-refractivity contribution in [2.75, 3.05) is 52.7 Å². The van der Waals surface area contributed by atoms with Crippen LogP contribution < -0.4 is 11.5 Å². The Hall–Kier alpha value is -3.15. The van der Waals surface area contributed by atoms with Gasteiger partial charge in [-0.2, -0.15) is 0 Å². The Labute approximate surface area is 203 Å². The zero-order chi connectivity index (χ0) is 24.5. The molecule has 10 nitrogen and oxygen atoms in total. The quantitative estimate of drug-likeness (QED) is 0.215. The Morgan fingerprint density at radius 1 is 0.771 bits per heavy atom. The Morgan fingerprint density at radius 3 is 2.06 bits per heavy atom. The van der Waals surface area contributed by atoms with Gasteiger partial charge in [0, 0.05) is 30.3 Å². The van der Waals surface area contributed by atoms with Gasteiger partial charge < -0.3 is 25.7 Å². The van der Waals surface area contributed by atoms with Gasteiger partial charge in [0.1, 0.15) is 0 Å². The maximum atomic E-state index is 13.2. The normalized spacial score (nSPS) is 11.6. The molecule has 2 aromatic rings. The summed E-state index contributed by atoms with van der Waals surface area (Å²) in [6.07, 6.45) is 0.262. The van der Waals surface area contributed by atoms with Gasteiger partial charge in [0.05, 0.1) is 67.9 Å². The first-order valence-corrected chi connectivity index (χ1v) is 11.9. The lowest BCUT2D eigenvalue weighted by atomic mass is 10.2. The minimum absolute atomic E-state index is 0.0372. The number of ether oxygens (including phenoxy) is 3. The SMILES string of the molecule is NCCOCCOCCOCCn1[nH][nH]c2c3ccccc3n(C(=O)CCN)c3ccccc3c1=2. The number of nitrogens with two attached hydrogens (primary N) is 2. The van der Waals surface area contributed by atoms with Crippen LogP contribution in [0.2, 0.25) is 0 Å². The highest BCUT2D eigenvalue weighted by molar-refractivity contribution is 5.99. The molecule has 0 amide bonds. The summed E-state index contributed by atoms with van der Waals surface area (Å²) in [6.45, 7) is 4.48. The molecule has 0 bridgehead atoms. The summed E-state index contributed by atoms with van der Waals surface area (Å²) in [5.74, 6) is -0.0372. The third-order valence-electron chi connectivity index (χ3n) is 5.71. The van der Waals surface area contributed by atoms with E-state index in [-0.39, 0.29) is 12.3 Å². The van der Waals surface area contributed by atoms with Gasteiger partial charge in [-0.25, -0.2) is 5.21 Å². The van der Waals surface area contributed by atoms with E-state index in [0.717, 1.165) is 32.5 Å². The van der Waals surface area contributed by atoms with E-state index in [1.54, 1.807) is 4.57 Å². The van der Waals surface area contributed by atoms with Gasteiger partial charge in [-0.15, -0.1) is 0 Å². The fourth-order valence-corrected chi connectivity index (χ4v) is 4.18. The van der Waals surface area contributed by atoms with Gasteiger partial charge in [0.2, 0.25) is 5.91 Å². The van der Waals surface area contributed by atoms with E-state index in [1.807, 2.05) is 53.2 Å². The molecule has 10 heteroatoms. The highest BCUT2D eigenvalue weighted by Gasteiger charge is 2.14. The predicted octanol–water partition coefficient (Wildman–Crippen LogP) is 2.10. The molecule has 2 aliphatic heterocycles. The van der Waals surface area contributed by atoms with E-state index in [9.17, 15) is 4.79 Å². The van der Waals surface area contributed by atoms with Crippen LogP contribution in [0.15, 0.2) is 48.5 Å². The first-order chi connectivity index (χ1) is 17.3. The standard InChI is InChI=1S/C25H34N6O4/c26-10-9-23(32)31-21-7-3-1-5-19(21)24-25(20-6-2-4-8-22(20)31)30(29-28-24)12-14-34-16-18-35-17-15-33-13-11-27/h1-8,28-29H,9-18,26-27H2. The smallest absolute Gasteiger partial charge is 0.232 e. The summed E-state index contributed by atoms with van der Waals surface area (Å²) in [7, 11) is 0. The molecule has 6 N–H and O–H groups in total. The second-order valence-corrected chi connectivity index (χ2v) is 8.04. The number of hydrogen-bond acceptors (Lipinski definition) is 6. The lowest BCUT2D eigenvalue weighted by molar-refractivity contribution is 0.0140. The summed E-state index contributed by atoms with van der Waals surface area (Å²) >= 11 is 0. The molecule has 0 atom stereocenters. The number of benzene rings is 2. The molecule has 0 aliphatic carbocycles. The van der Waals surface area contributed by atoms with Gasteiger partial charge in [-0.1, -0.05) is 36.4 Å². The second-order valence-electron chi connectivity index (χ2n) is 8.04. The van der Waals surface area contributed by atoms with E-state index in [4.69, 9.17) is 25.7 Å². The zero-order valence-corrected chi connectivity index (χ0v) is 19.9. The molecule has 0 spiro atoms. The molecule has 0 fully saturated rings. The van der Waals surface area contributed by atoms with Crippen LogP contribution in [0.4, 0.5) is 0 Å². The molecule has 0 saturated carbocycles. The summed E-state index contributed by atoms with van der Waals surface area (Å²) < 4.78 is 20.4. The van der Waals surface area contributed by atoms with Crippen molar-refractivity contribution in [1.29, 1.82) is 0 Å². The van der Waals surface area contributed by atoms with Crippen molar-refractivity contribution >= 4 is 27.7 Å². The van der Waals surface area contributed by atoms with Crippen molar-refractivity contribution in [1.82, 2.24) is 19.6 Å². The van der Waals surface area contributed by atoms with E-state index >= 15 is 0 Å². The maximum absolute atomic E-state index is 13.2. The van der Waals surface area contributed by atoms with Crippen molar-refractivity contribution in [3.05, 3.63) is 59.2 Å². The molecule has 35 heavy (non-hydrogen) atoms. The van der Waals surface area contributed by atoms with E-state index in [0.29, 0.717) is 59.3 Å².